The van der Waals surface area contributed by atoms with Crippen LogP contribution in [0.3, 0.4) is 0 Å². The summed E-state index contributed by atoms with van der Waals surface area (Å²) in [7, 11) is 1.67. The predicted molar refractivity (Wildman–Crippen MR) is 82.8 cm³/mol. The zero-order valence-electron chi connectivity index (χ0n) is 13.1. The lowest BCUT2D eigenvalue weighted by Crippen LogP contribution is -2.54. The molecule has 0 bridgehead atoms. The van der Waals surface area contributed by atoms with E-state index >= 15 is 0 Å². The van der Waals surface area contributed by atoms with Crippen LogP contribution in [0.1, 0.15) is 38.7 Å². The quantitative estimate of drug-likeness (QED) is 0.875. The number of methoxy groups -OCH3 is 1. The molecule has 1 fully saturated rings. The van der Waals surface area contributed by atoms with E-state index in [2.05, 4.69) is 17.9 Å². The van der Waals surface area contributed by atoms with Gasteiger partial charge < -0.3 is 9.84 Å². The molecule has 0 saturated carbocycles. The fourth-order valence-electron chi connectivity index (χ4n) is 3.60. The third kappa shape index (κ3) is 2.91. The highest BCUT2D eigenvalue weighted by molar-refractivity contribution is 5.79. The number of carbonyl (C=O) groups is 1. The van der Waals surface area contributed by atoms with Crippen molar-refractivity contribution in [3.8, 4) is 5.75 Å². The molecule has 2 atom stereocenters. The van der Waals surface area contributed by atoms with Crippen molar-refractivity contribution >= 4 is 5.97 Å². The third-order valence-corrected chi connectivity index (χ3v) is 4.76. The van der Waals surface area contributed by atoms with Crippen LogP contribution >= 0.6 is 0 Å². The van der Waals surface area contributed by atoms with E-state index in [1.807, 2.05) is 25.1 Å². The number of rotatable bonds is 6. The van der Waals surface area contributed by atoms with E-state index in [1.54, 1.807) is 7.11 Å². The van der Waals surface area contributed by atoms with Crippen LogP contribution in [0.5, 0.6) is 5.75 Å². The summed E-state index contributed by atoms with van der Waals surface area (Å²) in [6, 6.07) is 8.14. The summed E-state index contributed by atoms with van der Waals surface area (Å²) in [5.74, 6) is 0.190. The van der Waals surface area contributed by atoms with Crippen LogP contribution in [0.2, 0.25) is 0 Å². The minimum Gasteiger partial charge on any atom is -0.496 e. The Kier molecular flexibility index (Phi) is 4.88. The molecule has 2 unspecified atom stereocenters. The maximum absolute atomic E-state index is 11.8. The first-order chi connectivity index (χ1) is 10.0. The van der Waals surface area contributed by atoms with Crippen LogP contribution in [0.4, 0.5) is 0 Å². The van der Waals surface area contributed by atoms with Crippen molar-refractivity contribution in [3.63, 3.8) is 0 Å². The summed E-state index contributed by atoms with van der Waals surface area (Å²) >= 11 is 0. The van der Waals surface area contributed by atoms with Crippen molar-refractivity contribution in [2.45, 2.75) is 51.1 Å². The van der Waals surface area contributed by atoms with Gasteiger partial charge in [-0.05, 0) is 50.8 Å². The first-order valence-corrected chi connectivity index (χ1v) is 7.67. The van der Waals surface area contributed by atoms with Crippen LogP contribution in [-0.4, -0.2) is 41.2 Å². The van der Waals surface area contributed by atoms with Gasteiger partial charge in [0.05, 0.1) is 7.11 Å². The summed E-state index contributed by atoms with van der Waals surface area (Å²) in [6.45, 7) is 4.95. The van der Waals surface area contributed by atoms with Crippen LogP contribution < -0.4 is 4.74 Å². The molecule has 0 amide bonds. The topological polar surface area (TPSA) is 49.8 Å². The molecule has 0 aliphatic carbocycles. The summed E-state index contributed by atoms with van der Waals surface area (Å²) < 4.78 is 5.40. The second kappa shape index (κ2) is 6.48. The molecule has 1 saturated heterocycles. The highest BCUT2D eigenvalue weighted by atomic mass is 16.5. The van der Waals surface area contributed by atoms with E-state index in [0.717, 1.165) is 37.1 Å². The maximum atomic E-state index is 11.8. The Morgan fingerprint density at radius 3 is 2.81 bits per heavy atom. The number of aliphatic carboxylic acids is 1. The number of hydrogen-bond acceptors (Lipinski definition) is 3. The van der Waals surface area contributed by atoms with E-state index in [9.17, 15) is 9.90 Å². The number of likely N-dealkylation sites (tertiary alicyclic amines) is 1. The average molecular weight is 291 g/mol. The van der Waals surface area contributed by atoms with Crippen molar-refractivity contribution in [2.75, 3.05) is 13.7 Å². The molecule has 1 N–H and O–H groups in total. The molecule has 21 heavy (non-hydrogen) atoms. The minimum absolute atomic E-state index is 0.180. The van der Waals surface area contributed by atoms with Gasteiger partial charge in [0.2, 0.25) is 0 Å². The molecule has 1 heterocycles. The summed E-state index contributed by atoms with van der Waals surface area (Å²) in [6.07, 6.45) is 3.16. The molecular formula is C17H25NO3. The summed E-state index contributed by atoms with van der Waals surface area (Å²) in [5, 5.41) is 9.68. The molecule has 1 aliphatic heterocycles. The zero-order valence-corrected chi connectivity index (χ0v) is 13.1. The van der Waals surface area contributed by atoms with E-state index in [-0.39, 0.29) is 6.04 Å². The van der Waals surface area contributed by atoms with Crippen LogP contribution in [0.25, 0.3) is 0 Å². The van der Waals surface area contributed by atoms with Gasteiger partial charge in [0.1, 0.15) is 11.3 Å². The predicted octanol–water partition coefficient (Wildman–Crippen LogP) is 2.96. The average Bonchev–Trinajstić information content (AvgIpc) is 2.93. The highest BCUT2D eigenvalue weighted by Crippen LogP contribution is 2.35. The number of ether oxygens (including phenoxy) is 1. The Hall–Kier alpha value is -1.55. The van der Waals surface area contributed by atoms with Gasteiger partial charge in [-0.1, -0.05) is 25.1 Å². The second-order valence-electron chi connectivity index (χ2n) is 5.85. The number of carboxylic acid groups (broad SMARTS) is 1. The van der Waals surface area contributed by atoms with Crippen molar-refractivity contribution in [3.05, 3.63) is 29.8 Å². The minimum atomic E-state index is -0.693. The smallest absolute Gasteiger partial charge is 0.324 e. The van der Waals surface area contributed by atoms with Gasteiger partial charge in [0.15, 0.2) is 0 Å². The molecule has 4 heteroatoms. The molecule has 0 aromatic heterocycles. The molecule has 116 valence electrons. The van der Waals surface area contributed by atoms with Gasteiger partial charge in [0.25, 0.3) is 0 Å². The molecule has 2 rings (SSSR count). The fourth-order valence-corrected chi connectivity index (χ4v) is 3.60. The van der Waals surface area contributed by atoms with Crippen LogP contribution in [-0.2, 0) is 11.2 Å². The molecular weight excluding hydrogens is 266 g/mol. The zero-order chi connectivity index (χ0) is 15.5. The Morgan fingerprint density at radius 2 is 2.19 bits per heavy atom. The van der Waals surface area contributed by atoms with Crippen molar-refractivity contribution in [2.24, 2.45) is 0 Å². The van der Waals surface area contributed by atoms with Crippen molar-refractivity contribution < 1.29 is 14.6 Å². The lowest BCUT2D eigenvalue weighted by molar-refractivity contribution is -0.151. The number of hydrogen-bond donors (Lipinski definition) is 1. The Labute approximate surface area is 126 Å². The Morgan fingerprint density at radius 1 is 1.48 bits per heavy atom. The first-order valence-electron chi connectivity index (χ1n) is 7.67. The molecule has 1 aromatic rings. The van der Waals surface area contributed by atoms with Crippen LogP contribution in [0.15, 0.2) is 24.3 Å². The standard InChI is InChI=1S/C17H25NO3/c1-4-17(16(19)20)10-7-11-18(17)13(2)12-14-8-5-6-9-15(14)21-3/h5-6,8-9,13H,4,7,10-12H2,1-3H3,(H,19,20). The summed E-state index contributed by atoms with van der Waals surface area (Å²) in [4.78, 5) is 13.9. The number of carboxylic acids is 1. The lowest BCUT2D eigenvalue weighted by atomic mass is 9.91. The highest BCUT2D eigenvalue weighted by Gasteiger charge is 2.47. The van der Waals surface area contributed by atoms with Crippen molar-refractivity contribution in [1.29, 1.82) is 0 Å². The molecule has 4 nitrogen and oxygen atoms in total. The van der Waals surface area contributed by atoms with E-state index in [0.29, 0.717) is 6.42 Å². The SMILES string of the molecule is CCC1(C(=O)O)CCCN1C(C)Cc1ccccc1OC. The van der Waals surface area contributed by atoms with Gasteiger partial charge in [-0.25, -0.2) is 0 Å². The Bertz CT molecular complexity index is 503. The van der Waals surface area contributed by atoms with E-state index < -0.39 is 11.5 Å². The molecule has 0 radical (unpaired) electrons. The molecule has 1 aliphatic rings. The first kappa shape index (κ1) is 15.8. The lowest BCUT2D eigenvalue weighted by Gasteiger charge is -2.38. The molecule has 1 aromatic carbocycles. The summed E-state index contributed by atoms with van der Waals surface area (Å²) in [5.41, 5.74) is 0.441. The van der Waals surface area contributed by atoms with Crippen molar-refractivity contribution in [1.82, 2.24) is 4.90 Å². The van der Waals surface area contributed by atoms with Gasteiger partial charge >= 0.3 is 5.97 Å². The monoisotopic (exact) mass is 291 g/mol. The van der Waals surface area contributed by atoms with Crippen LogP contribution in [0, 0.1) is 0 Å². The normalized spacial score (nSPS) is 24.0. The van der Waals surface area contributed by atoms with E-state index in [1.165, 1.54) is 0 Å². The van der Waals surface area contributed by atoms with Gasteiger partial charge in [-0.3, -0.25) is 9.69 Å². The van der Waals surface area contributed by atoms with Gasteiger partial charge in [0, 0.05) is 6.04 Å². The second-order valence-corrected chi connectivity index (χ2v) is 5.85. The maximum Gasteiger partial charge on any atom is 0.324 e. The van der Waals surface area contributed by atoms with E-state index in [4.69, 9.17) is 4.74 Å². The van der Waals surface area contributed by atoms with Gasteiger partial charge in [-0.2, -0.15) is 0 Å². The molecule has 0 spiro atoms. The number of benzene rings is 1. The number of para-hydroxylation sites is 1. The number of nitrogens with zero attached hydrogens (tertiary/aromatic N) is 1. The fraction of sp³-hybridized carbons (Fsp3) is 0.588. The third-order valence-electron chi connectivity index (χ3n) is 4.76. The van der Waals surface area contributed by atoms with Gasteiger partial charge in [-0.15, -0.1) is 0 Å². The largest absolute Gasteiger partial charge is 0.496 e. The Balaban J connectivity index is 2.19.